The normalized spacial score (nSPS) is 29.5. The maximum absolute atomic E-state index is 12.6. The zero-order chi connectivity index (χ0) is 21.3. The van der Waals surface area contributed by atoms with E-state index in [1.54, 1.807) is 29.0 Å². The topological polar surface area (TPSA) is 81.2 Å². The highest BCUT2D eigenvalue weighted by atomic mass is 32.2. The number of H-pyrrole nitrogens is 1. The van der Waals surface area contributed by atoms with Crippen LogP contribution in [0.2, 0.25) is 0 Å². The average molecular weight is 439 g/mol. The number of hydrogen-bond acceptors (Lipinski definition) is 4. The predicted octanol–water partition coefficient (Wildman–Crippen LogP) is 3.93. The Morgan fingerprint density at radius 3 is 2.39 bits per heavy atom. The number of nitrogens with zero attached hydrogens (tertiary/aromatic N) is 1. The molecule has 0 atom stereocenters. The van der Waals surface area contributed by atoms with E-state index in [0.29, 0.717) is 28.8 Å². The monoisotopic (exact) mass is 438 g/mol. The van der Waals surface area contributed by atoms with Gasteiger partial charge >= 0.3 is 0 Å². The molecule has 0 saturated heterocycles. The lowest BCUT2D eigenvalue weighted by Crippen LogP contribution is -2.50. The Balaban J connectivity index is 1.47. The minimum atomic E-state index is -3.40. The van der Waals surface area contributed by atoms with Crippen LogP contribution >= 0.6 is 0 Å². The Hall–Kier alpha value is -2.54. The van der Waals surface area contributed by atoms with Gasteiger partial charge in [0, 0.05) is 24.0 Å². The van der Waals surface area contributed by atoms with Crippen molar-refractivity contribution in [2.75, 3.05) is 6.26 Å². The number of benzene rings is 1. The second kappa shape index (κ2) is 6.73. The van der Waals surface area contributed by atoms with Gasteiger partial charge < -0.3 is 14.3 Å². The molecule has 7 heteroatoms. The third-order valence-corrected chi connectivity index (χ3v) is 8.74. The third-order valence-electron chi connectivity index (χ3n) is 7.63. The summed E-state index contributed by atoms with van der Waals surface area (Å²) in [5.74, 6) is 3.49. The zero-order valence-electron chi connectivity index (χ0n) is 17.5. The maximum atomic E-state index is 12.6. The lowest BCUT2D eigenvalue weighted by Gasteiger charge is -2.53. The fraction of sp³-hybridized carbons (Fsp3) is 0.458. The first-order valence-electron chi connectivity index (χ1n) is 11.1. The predicted molar refractivity (Wildman–Crippen MR) is 118 cm³/mol. The number of nitrogens with one attached hydrogen (secondary N) is 1. The fourth-order valence-electron chi connectivity index (χ4n) is 6.53. The van der Waals surface area contributed by atoms with E-state index in [4.69, 9.17) is 4.74 Å². The van der Waals surface area contributed by atoms with Crippen LogP contribution in [0.3, 0.4) is 0 Å². The van der Waals surface area contributed by atoms with Crippen LogP contribution in [-0.2, 0) is 9.84 Å². The van der Waals surface area contributed by atoms with E-state index in [1.165, 1.54) is 38.4 Å². The van der Waals surface area contributed by atoms with Crippen LogP contribution in [0.25, 0.3) is 16.6 Å². The highest BCUT2D eigenvalue weighted by molar-refractivity contribution is 7.90. The molecule has 0 radical (unpaired) electrons. The maximum Gasteiger partial charge on any atom is 0.272 e. The lowest BCUT2D eigenvalue weighted by atomic mass is 9.55. The Kier molecular flexibility index (Phi) is 4.16. The summed E-state index contributed by atoms with van der Waals surface area (Å²) in [7, 11) is -3.40. The fourth-order valence-corrected chi connectivity index (χ4v) is 7.17. The van der Waals surface area contributed by atoms with Crippen LogP contribution in [-0.4, -0.2) is 30.3 Å². The first kappa shape index (κ1) is 19.2. The molecule has 6 nitrogen and oxygen atoms in total. The molecule has 1 aromatic carbocycles. The van der Waals surface area contributed by atoms with Gasteiger partial charge in [0.1, 0.15) is 17.4 Å². The van der Waals surface area contributed by atoms with Crippen molar-refractivity contribution in [2.24, 2.45) is 23.7 Å². The smallest absolute Gasteiger partial charge is 0.272 e. The molecular weight excluding hydrogens is 412 g/mol. The van der Waals surface area contributed by atoms with E-state index in [2.05, 4.69) is 4.98 Å². The van der Waals surface area contributed by atoms with Crippen molar-refractivity contribution in [2.45, 2.75) is 43.1 Å². The van der Waals surface area contributed by atoms with Gasteiger partial charge in [0.15, 0.2) is 9.84 Å². The molecular formula is C24H26N2O4S. The standard InChI is InChI=1S/C24H26N2O4S/c1-31(28,29)19-2-3-21(30-23-17-9-14-8-15(11-17)12-18(23)10-14)20(13-19)26-7-5-16-4-6-25-24(27)22(16)26/h2-7,13-15,17-18,23H,8-12H2,1H3,(H,25,27). The lowest BCUT2D eigenvalue weighted by molar-refractivity contribution is -0.0789. The number of ether oxygens (including phenoxy) is 1. The molecule has 4 saturated carbocycles. The van der Waals surface area contributed by atoms with Gasteiger partial charge in [0.25, 0.3) is 5.56 Å². The summed E-state index contributed by atoms with van der Waals surface area (Å²) in [4.78, 5) is 15.5. The van der Waals surface area contributed by atoms with Crippen molar-refractivity contribution in [1.29, 1.82) is 0 Å². The summed E-state index contributed by atoms with van der Waals surface area (Å²) in [5.41, 5.74) is 0.874. The van der Waals surface area contributed by atoms with Crippen LogP contribution in [0, 0.1) is 23.7 Å². The zero-order valence-corrected chi connectivity index (χ0v) is 18.3. The second-order valence-electron chi connectivity index (χ2n) is 9.71. The van der Waals surface area contributed by atoms with E-state index >= 15 is 0 Å². The molecule has 0 aliphatic heterocycles. The second-order valence-corrected chi connectivity index (χ2v) is 11.7. The Bertz CT molecular complexity index is 1310. The molecule has 0 unspecified atom stereocenters. The first-order chi connectivity index (χ1) is 14.9. The number of aromatic nitrogens is 2. The van der Waals surface area contributed by atoms with E-state index in [1.807, 2.05) is 18.3 Å². The molecule has 4 bridgehead atoms. The molecule has 0 spiro atoms. The van der Waals surface area contributed by atoms with Gasteiger partial charge in [-0.05, 0) is 86.1 Å². The molecule has 4 aliphatic carbocycles. The quantitative estimate of drug-likeness (QED) is 0.669. The van der Waals surface area contributed by atoms with Crippen molar-refractivity contribution >= 4 is 20.7 Å². The molecule has 0 amide bonds. The number of aromatic amines is 1. The summed E-state index contributed by atoms with van der Waals surface area (Å²) >= 11 is 0. The number of pyridine rings is 1. The molecule has 4 aliphatic rings. The summed E-state index contributed by atoms with van der Waals surface area (Å²) in [6, 6.07) is 8.71. The number of hydrogen-bond donors (Lipinski definition) is 1. The third kappa shape index (κ3) is 3.13. The number of rotatable bonds is 4. The highest BCUT2D eigenvalue weighted by Crippen LogP contribution is 2.55. The molecule has 2 aromatic heterocycles. The van der Waals surface area contributed by atoms with Gasteiger partial charge in [-0.15, -0.1) is 0 Å². The van der Waals surface area contributed by atoms with Gasteiger partial charge in [-0.2, -0.15) is 0 Å². The summed E-state index contributed by atoms with van der Waals surface area (Å²) in [6.45, 7) is 0. The summed E-state index contributed by atoms with van der Waals surface area (Å²) < 4.78 is 33.0. The highest BCUT2D eigenvalue weighted by Gasteiger charge is 2.49. The number of fused-ring (bicyclic) bond motifs is 1. The largest absolute Gasteiger partial charge is 0.488 e. The molecule has 31 heavy (non-hydrogen) atoms. The Morgan fingerprint density at radius 1 is 1.00 bits per heavy atom. The molecule has 2 heterocycles. The first-order valence-corrected chi connectivity index (χ1v) is 13.0. The SMILES string of the molecule is CS(=O)(=O)c1ccc(OC2C3CC4CC(C3)CC2C4)c(-n2ccc3cc[nH]c(=O)c32)c1. The van der Waals surface area contributed by atoms with Gasteiger partial charge in [0.05, 0.1) is 10.6 Å². The minimum absolute atomic E-state index is 0.163. The van der Waals surface area contributed by atoms with Crippen LogP contribution in [0.1, 0.15) is 32.1 Å². The molecule has 162 valence electrons. The van der Waals surface area contributed by atoms with Crippen LogP contribution < -0.4 is 10.3 Å². The summed E-state index contributed by atoms with van der Waals surface area (Å²) in [5, 5.41) is 0.800. The van der Waals surface area contributed by atoms with Gasteiger partial charge in [-0.1, -0.05) is 0 Å². The Labute approximate surface area is 181 Å². The van der Waals surface area contributed by atoms with Crippen molar-refractivity contribution in [1.82, 2.24) is 9.55 Å². The van der Waals surface area contributed by atoms with Gasteiger partial charge in [-0.3, -0.25) is 4.79 Å². The van der Waals surface area contributed by atoms with Crippen molar-refractivity contribution in [3.8, 4) is 11.4 Å². The van der Waals surface area contributed by atoms with E-state index in [9.17, 15) is 13.2 Å². The Morgan fingerprint density at radius 2 is 1.71 bits per heavy atom. The van der Waals surface area contributed by atoms with E-state index in [0.717, 1.165) is 17.2 Å². The minimum Gasteiger partial charge on any atom is -0.488 e. The van der Waals surface area contributed by atoms with E-state index in [-0.39, 0.29) is 16.6 Å². The average Bonchev–Trinajstić information content (AvgIpc) is 3.15. The van der Waals surface area contributed by atoms with Crippen molar-refractivity contribution in [3.05, 3.63) is 53.1 Å². The number of sulfone groups is 1. The molecule has 1 N–H and O–H groups in total. The summed E-state index contributed by atoms with van der Waals surface area (Å²) in [6.07, 6.45) is 11.1. The van der Waals surface area contributed by atoms with Crippen LogP contribution in [0.4, 0.5) is 0 Å². The van der Waals surface area contributed by atoms with Crippen LogP contribution in [0.5, 0.6) is 5.75 Å². The van der Waals surface area contributed by atoms with Crippen molar-refractivity contribution < 1.29 is 13.2 Å². The molecule has 7 rings (SSSR count). The van der Waals surface area contributed by atoms with Crippen molar-refractivity contribution in [3.63, 3.8) is 0 Å². The van der Waals surface area contributed by atoms with Crippen LogP contribution in [0.15, 0.2) is 52.4 Å². The van der Waals surface area contributed by atoms with Gasteiger partial charge in [0.2, 0.25) is 0 Å². The molecule has 4 fully saturated rings. The van der Waals surface area contributed by atoms with E-state index < -0.39 is 9.84 Å². The van der Waals surface area contributed by atoms with Gasteiger partial charge in [-0.25, -0.2) is 8.42 Å². The molecule has 3 aromatic rings.